The van der Waals surface area contributed by atoms with Gasteiger partial charge in [0.15, 0.2) is 0 Å². The first-order valence-electron chi connectivity index (χ1n) is 10.9. The highest BCUT2D eigenvalue weighted by atomic mass is 35.5. The van der Waals surface area contributed by atoms with E-state index in [9.17, 15) is 14.7 Å². The van der Waals surface area contributed by atoms with Crippen LogP contribution in [0.1, 0.15) is 42.1 Å². The highest BCUT2D eigenvalue weighted by Gasteiger charge is 2.38. The van der Waals surface area contributed by atoms with Gasteiger partial charge in [-0.05, 0) is 48.4 Å². The molecule has 0 radical (unpaired) electrons. The Hall–Kier alpha value is -3.51. The fourth-order valence-electron chi connectivity index (χ4n) is 4.27. The Morgan fingerprint density at radius 2 is 1.73 bits per heavy atom. The number of hydrogen-bond donors (Lipinski definition) is 3. The van der Waals surface area contributed by atoms with E-state index < -0.39 is 11.6 Å². The first-order valence-corrected chi connectivity index (χ1v) is 11.3. The molecule has 3 aromatic carbocycles. The minimum absolute atomic E-state index is 0.0555. The first-order chi connectivity index (χ1) is 15.9. The van der Waals surface area contributed by atoms with E-state index in [1.807, 2.05) is 55.5 Å². The number of anilines is 3. The summed E-state index contributed by atoms with van der Waals surface area (Å²) < 4.78 is 0. The summed E-state index contributed by atoms with van der Waals surface area (Å²) >= 11 is 6.14. The van der Waals surface area contributed by atoms with Crippen molar-refractivity contribution in [3.05, 3.63) is 88.9 Å². The third kappa shape index (κ3) is 5.12. The summed E-state index contributed by atoms with van der Waals surface area (Å²) in [6, 6.07) is 22.3. The predicted octanol–water partition coefficient (Wildman–Crippen LogP) is 6.00. The van der Waals surface area contributed by atoms with Gasteiger partial charge in [0.1, 0.15) is 5.66 Å². The number of amides is 1. The lowest BCUT2D eigenvalue weighted by atomic mass is 10.0. The van der Waals surface area contributed by atoms with Crippen molar-refractivity contribution < 1.29 is 14.7 Å². The number of carbonyl (C=O) groups excluding carboxylic acids is 1. The Bertz CT molecular complexity index is 1170. The summed E-state index contributed by atoms with van der Waals surface area (Å²) in [5.41, 5.74) is 3.05. The van der Waals surface area contributed by atoms with Gasteiger partial charge in [-0.1, -0.05) is 61.3 Å². The molecule has 0 fully saturated rings. The number of benzene rings is 3. The molecule has 1 amide bonds. The Balaban J connectivity index is 1.69. The van der Waals surface area contributed by atoms with Gasteiger partial charge in [-0.15, -0.1) is 0 Å². The fourth-order valence-corrected chi connectivity index (χ4v) is 4.46. The van der Waals surface area contributed by atoms with Crippen LogP contribution in [0.4, 0.5) is 17.1 Å². The highest BCUT2D eigenvalue weighted by Crippen LogP contribution is 2.40. The Morgan fingerprint density at radius 1 is 0.970 bits per heavy atom. The molecule has 7 heteroatoms. The van der Waals surface area contributed by atoms with Crippen molar-refractivity contribution >= 4 is 40.5 Å². The van der Waals surface area contributed by atoms with Crippen molar-refractivity contribution in [1.29, 1.82) is 0 Å². The third-order valence-electron chi connectivity index (χ3n) is 5.69. The molecule has 1 aliphatic rings. The maximum atomic E-state index is 13.5. The van der Waals surface area contributed by atoms with E-state index in [4.69, 9.17) is 11.6 Å². The zero-order valence-corrected chi connectivity index (χ0v) is 19.1. The average Bonchev–Trinajstić information content (AvgIpc) is 3.14. The van der Waals surface area contributed by atoms with Crippen LogP contribution in [0.3, 0.4) is 0 Å². The molecule has 0 spiro atoms. The topological polar surface area (TPSA) is 81.7 Å². The smallest absolute Gasteiger partial charge is 0.307 e. The van der Waals surface area contributed by atoms with Gasteiger partial charge in [-0.2, -0.15) is 0 Å². The molecule has 1 unspecified atom stereocenters. The number of carboxylic acid groups (broad SMARTS) is 1. The first kappa shape index (κ1) is 22.7. The summed E-state index contributed by atoms with van der Waals surface area (Å²) in [5.74, 6) is -1.05. The van der Waals surface area contributed by atoms with Crippen molar-refractivity contribution in [2.45, 2.75) is 38.4 Å². The van der Waals surface area contributed by atoms with Gasteiger partial charge in [0.05, 0.1) is 24.3 Å². The number of halogens is 1. The van der Waals surface area contributed by atoms with E-state index in [2.05, 4.69) is 10.6 Å². The average molecular weight is 464 g/mol. The summed E-state index contributed by atoms with van der Waals surface area (Å²) in [6.07, 6.45) is 1.42. The molecule has 0 saturated heterocycles. The molecule has 170 valence electrons. The third-order valence-corrected chi connectivity index (χ3v) is 5.93. The van der Waals surface area contributed by atoms with Crippen LogP contribution in [0.25, 0.3) is 0 Å². The van der Waals surface area contributed by atoms with E-state index >= 15 is 0 Å². The van der Waals surface area contributed by atoms with E-state index in [-0.39, 0.29) is 12.3 Å². The summed E-state index contributed by atoms with van der Waals surface area (Å²) in [4.78, 5) is 26.7. The number of nitrogens with zero attached hydrogens (tertiary/aromatic N) is 1. The van der Waals surface area contributed by atoms with Crippen LogP contribution in [0.15, 0.2) is 72.8 Å². The molecule has 3 aromatic rings. The van der Waals surface area contributed by atoms with Crippen molar-refractivity contribution in [3.8, 4) is 0 Å². The molecule has 0 bridgehead atoms. The molecule has 1 atom stereocenters. The van der Waals surface area contributed by atoms with E-state index in [1.165, 1.54) is 0 Å². The highest BCUT2D eigenvalue weighted by molar-refractivity contribution is 6.31. The molecule has 0 aromatic heterocycles. The molecule has 33 heavy (non-hydrogen) atoms. The SMILES string of the molecule is CCCC1(CC(=O)O)Nc2ccc(N(Cc3ccccc3)C(=O)c3cccc(Cl)c3)cc2N1. The van der Waals surface area contributed by atoms with E-state index in [0.717, 1.165) is 23.4 Å². The van der Waals surface area contributed by atoms with Crippen molar-refractivity contribution in [3.63, 3.8) is 0 Å². The van der Waals surface area contributed by atoms with E-state index in [1.54, 1.807) is 29.2 Å². The zero-order valence-electron chi connectivity index (χ0n) is 18.3. The molecule has 3 N–H and O–H groups in total. The molecule has 1 aliphatic heterocycles. The predicted molar refractivity (Wildman–Crippen MR) is 132 cm³/mol. The molecule has 6 nitrogen and oxygen atoms in total. The molecular weight excluding hydrogens is 438 g/mol. The monoisotopic (exact) mass is 463 g/mol. The van der Waals surface area contributed by atoms with Gasteiger partial charge in [0.25, 0.3) is 5.91 Å². The van der Waals surface area contributed by atoms with Crippen molar-refractivity contribution in [1.82, 2.24) is 0 Å². The van der Waals surface area contributed by atoms with Crippen LogP contribution < -0.4 is 15.5 Å². The number of carbonyl (C=O) groups is 2. The maximum Gasteiger partial charge on any atom is 0.307 e. The Morgan fingerprint density at radius 3 is 2.42 bits per heavy atom. The largest absolute Gasteiger partial charge is 0.481 e. The number of aliphatic carboxylic acids is 1. The number of rotatable bonds is 8. The van der Waals surface area contributed by atoms with Crippen molar-refractivity contribution in [2.75, 3.05) is 15.5 Å². The second-order valence-electron chi connectivity index (χ2n) is 8.27. The van der Waals surface area contributed by atoms with Gasteiger partial charge in [0.2, 0.25) is 0 Å². The standard InChI is InChI=1S/C26H26ClN3O3/c1-2-13-26(16-24(31)32)28-22-12-11-21(15-23(22)29-26)30(17-18-7-4-3-5-8-18)25(33)19-9-6-10-20(27)14-19/h3-12,14-15,28-29H,2,13,16-17H2,1H3,(H,31,32). The Kier molecular flexibility index (Phi) is 6.56. The van der Waals surface area contributed by atoms with Gasteiger partial charge in [-0.3, -0.25) is 9.59 Å². The lowest BCUT2D eigenvalue weighted by molar-refractivity contribution is -0.138. The lowest BCUT2D eigenvalue weighted by Crippen LogP contribution is -2.43. The maximum absolute atomic E-state index is 13.5. The molecular formula is C26H26ClN3O3. The number of carboxylic acids is 1. The minimum Gasteiger partial charge on any atom is -0.481 e. The summed E-state index contributed by atoms with van der Waals surface area (Å²) in [7, 11) is 0. The number of fused-ring (bicyclic) bond motifs is 1. The van der Waals surface area contributed by atoms with Gasteiger partial charge >= 0.3 is 5.97 Å². The van der Waals surface area contributed by atoms with Crippen LogP contribution in [-0.4, -0.2) is 22.6 Å². The minimum atomic E-state index is -0.877. The summed E-state index contributed by atoms with van der Waals surface area (Å²) in [6.45, 7) is 2.40. The van der Waals surface area contributed by atoms with Crippen LogP contribution >= 0.6 is 11.6 Å². The molecule has 4 rings (SSSR count). The van der Waals surface area contributed by atoms with Gasteiger partial charge in [-0.25, -0.2) is 0 Å². The van der Waals surface area contributed by atoms with Gasteiger partial charge < -0.3 is 20.6 Å². The van der Waals surface area contributed by atoms with Crippen LogP contribution in [-0.2, 0) is 11.3 Å². The lowest BCUT2D eigenvalue weighted by Gasteiger charge is -2.29. The quantitative estimate of drug-likeness (QED) is 0.382. The number of hydrogen-bond acceptors (Lipinski definition) is 4. The van der Waals surface area contributed by atoms with Gasteiger partial charge in [0, 0.05) is 16.3 Å². The number of nitrogens with one attached hydrogen (secondary N) is 2. The fraction of sp³-hybridized carbons (Fsp3) is 0.231. The second kappa shape index (κ2) is 9.55. The van der Waals surface area contributed by atoms with E-state index in [0.29, 0.717) is 29.2 Å². The second-order valence-corrected chi connectivity index (χ2v) is 8.71. The molecule has 0 aliphatic carbocycles. The summed E-state index contributed by atoms with van der Waals surface area (Å²) in [5, 5.41) is 16.7. The van der Waals surface area contributed by atoms with Crippen LogP contribution in [0, 0.1) is 0 Å². The molecule has 1 heterocycles. The van der Waals surface area contributed by atoms with Crippen LogP contribution in [0.2, 0.25) is 5.02 Å². The zero-order chi connectivity index (χ0) is 23.4. The normalized spacial score (nSPS) is 16.4. The van der Waals surface area contributed by atoms with Crippen LogP contribution in [0.5, 0.6) is 0 Å². The Labute approximate surface area is 198 Å². The van der Waals surface area contributed by atoms with Crippen molar-refractivity contribution in [2.24, 2.45) is 0 Å². The molecule has 0 saturated carbocycles.